The molecule has 2 amide bonds. The molecule has 1 unspecified atom stereocenters. The second kappa shape index (κ2) is 3.75. The number of carbonyl (C=O) groups excluding carboxylic acids is 2. The van der Waals surface area contributed by atoms with Crippen LogP contribution in [0.1, 0.15) is 19.8 Å². The van der Waals surface area contributed by atoms with Crippen molar-refractivity contribution in [2.75, 3.05) is 6.61 Å². The van der Waals surface area contributed by atoms with Crippen LogP contribution in [0.5, 0.6) is 0 Å². The summed E-state index contributed by atoms with van der Waals surface area (Å²) in [5.74, 6) is -1.23. The maximum Gasteiger partial charge on any atom is 0.264 e. The van der Waals surface area contributed by atoms with Crippen molar-refractivity contribution in [3.8, 4) is 0 Å². The molecule has 0 fully saturated rings. The number of guanidine groups is 1. The van der Waals surface area contributed by atoms with Gasteiger partial charge in [0, 0.05) is 6.61 Å². The first kappa shape index (κ1) is 10.6. The number of nitrogens with one attached hydrogen (secondary N) is 1. The van der Waals surface area contributed by atoms with Crippen molar-refractivity contribution in [1.29, 1.82) is 0 Å². The van der Waals surface area contributed by atoms with Crippen LogP contribution in [-0.2, 0) is 9.59 Å². The van der Waals surface area contributed by atoms with Gasteiger partial charge in [-0.25, -0.2) is 0 Å². The van der Waals surface area contributed by atoms with Crippen LogP contribution in [0.15, 0.2) is 4.99 Å². The Hall–Kier alpha value is -1.43. The van der Waals surface area contributed by atoms with E-state index in [0.717, 1.165) is 0 Å². The minimum absolute atomic E-state index is 0.0744. The summed E-state index contributed by atoms with van der Waals surface area (Å²) in [6.45, 7) is 1.46. The van der Waals surface area contributed by atoms with Crippen LogP contribution in [-0.4, -0.2) is 29.5 Å². The highest BCUT2D eigenvalue weighted by Crippen LogP contribution is 2.30. The Labute approximate surface area is 81.2 Å². The molecule has 0 radical (unpaired) electrons. The summed E-state index contributed by atoms with van der Waals surface area (Å²) >= 11 is 0. The van der Waals surface area contributed by atoms with Crippen LogP contribution >= 0.6 is 0 Å². The summed E-state index contributed by atoms with van der Waals surface area (Å²) in [4.78, 5) is 26.6. The lowest BCUT2D eigenvalue weighted by atomic mass is 9.79. The predicted octanol–water partition coefficient (Wildman–Crippen LogP) is -1.26. The van der Waals surface area contributed by atoms with E-state index in [0.29, 0.717) is 6.42 Å². The highest BCUT2D eigenvalue weighted by Gasteiger charge is 2.46. The Morgan fingerprint density at radius 2 is 2.21 bits per heavy atom. The Morgan fingerprint density at radius 3 is 2.64 bits per heavy atom. The molecule has 1 atom stereocenters. The third kappa shape index (κ3) is 1.48. The number of aliphatic imine (C=N–C) groups is 1. The average molecular weight is 199 g/mol. The Balaban J connectivity index is 3.06. The summed E-state index contributed by atoms with van der Waals surface area (Å²) in [7, 11) is 0. The normalized spacial score (nSPS) is 27.1. The maximum atomic E-state index is 11.6. The van der Waals surface area contributed by atoms with E-state index < -0.39 is 17.2 Å². The van der Waals surface area contributed by atoms with Crippen LogP contribution in [0.4, 0.5) is 0 Å². The van der Waals surface area contributed by atoms with Crippen molar-refractivity contribution >= 4 is 17.8 Å². The summed E-state index contributed by atoms with van der Waals surface area (Å²) in [5, 5.41) is 11.1. The van der Waals surface area contributed by atoms with E-state index in [4.69, 9.17) is 10.8 Å². The zero-order valence-electron chi connectivity index (χ0n) is 7.91. The summed E-state index contributed by atoms with van der Waals surface area (Å²) in [6.07, 6.45) is 0.375. The zero-order valence-corrected chi connectivity index (χ0v) is 7.91. The molecular weight excluding hydrogens is 186 g/mol. The van der Waals surface area contributed by atoms with Crippen molar-refractivity contribution in [3.05, 3.63) is 0 Å². The highest BCUT2D eigenvalue weighted by atomic mass is 16.3. The fourth-order valence-electron chi connectivity index (χ4n) is 1.48. The van der Waals surface area contributed by atoms with Crippen molar-refractivity contribution in [3.63, 3.8) is 0 Å². The number of aliphatic hydroxyl groups excluding tert-OH is 1. The lowest BCUT2D eigenvalue weighted by Crippen LogP contribution is -2.55. The van der Waals surface area contributed by atoms with Gasteiger partial charge in [-0.1, -0.05) is 6.92 Å². The molecule has 14 heavy (non-hydrogen) atoms. The molecule has 0 aliphatic carbocycles. The van der Waals surface area contributed by atoms with Gasteiger partial charge in [0.25, 0.3) is 5.91 Å². The molecule has 0 aromatic carbocycles. The Kier molecular flexibility index (Phi) is 2.85. The highest BCUT2D eigenvalue weighted by molar-refractivity contribution is 6.17. The number of carbonyl (C=O) groups is 2. The second-order valence-electron chi connectivity index (χ2n) is 3.17. The van der Waals surface area contributed by atoms with E-state index in [1.54, 1.807) is 6.92 Å². The topological polar surface area (TPSA) is 105 Å². The van der Waals surface area contributed by atoms with Crippen LogP contribution in [0.2, 0.25) is 0 Å². The van der Waals surface area contributed by atoms with Gasteiger partial charge in [0.05, 0.1) is 0 Å². The molecule has 1 rings (SSSR count). The first-order chi connectivity index (χ1) is 6.56. The first-order valence-corrected chi connectivity index (χ1v) is 4.37. The molecule has 6 nitrogen and oxygen atoms in total. The van der Waals surface area contributed by atoms with E-state index in [2.05, 4.69) is 10.3 Å². The fraction of sp³-hybridized carbons (Fsp3) is 0.625. The molecule has 0 aromatic heterocycles. The maximum absolute atomic E-state index is 11.6. The minimum Gasteiger partial charge on any atom is -0.396 e. The van der Waals surface area contributed by atoms with Crippen LogP contribution in [0, 0.1) is 5.41 Å². The van der Waals surface area contributed by atoms with Gasteiger partial charge < -0.3 is 10.8 Å². The van der Waals surface area contributed by atoms with Gasteiger partial charge in [0.1, 0.15) is 5.41 Å². The molecule has 0 saturated carbocycles. The fourth-order valence-corrected chi connectivity index (χ4v) is 1.48. The molecule has 0 bridgehead atoms. The lowest BCUT2D eigenvalue weighted by Gasteiger charge is -2.30. The predicted molar refractivity (Wildman–Crippen MR) is 49.2 cm³/mol. The van der Waals surface area contributed by atoms with E-state index in [-0.39, 0.29) is 19.0 Å². The van der Waals surface area contributed by atoms with Gasteiger partial charge in [-0.05, 0) is 12.8 Å². The van der Waals surface area contributed by atoms with Gasteiger partial charge >= 0.3 is 0 Å². The third-order valence-electron chi connectivity index (χ3n) is 2.45. The van der Waals surface area contributed by atoms with E-state index >= 15 is 0 Å². The Morgan fingerprint density at radius 1 is 1.57 bits per heavy atom. The SMILES string of the molecule is CCC1(CCO)C(=O)N=C(N)NC1=O. The van der Waals surface area contributed by atoms with Gasteiger partial charge in [0.2, 0.25) is 11.9 Å². The molecule has 1 heterocycles. The molecule has 1 aliphatic rings. The van der Waals surface area contributed by atoms with Gasteiger partial charge in [-0.15, -0.1) is 0 Å². The van der Waals surface area contributed by atoms with Crippen molar-refractivity contribution in [2.45, 2.75) is 19.8 Å². The second-order valence-corrected chi connectivity index (χ2v) is 3.17. The largest absolute Gasteiger partial charge is 0.396 e. The number of rotatable bonds is 3. The molecule has 0 saturated heterocycles. The number of nitrogens with zero attached hydrogens (tertiary/aromatic N) is 1. The van der Waals surface area contributed by atoms with Crippen molar-refractivity contribution in [2.24, 2.45) is 16.1 Å². The van der Waals surface area contributed by atoms with Crippen molar-refractivity contribution < 1.29 is 14.7 Å². The smallest absolute Gasteiger partial charge is 0.264 e. The average Bonchev–Trinajstić information content (AvgIpc) is 2.11. The number of aliphatic hydroxyl groups is 1. The van der Waals surface area contributed by atoms with Crippen LogP contribution in [0.25, 0.3) is 0 Å². The molecule has 1 aliphatic heterocycles. The van der Waals surface area contributed by atoms with Crippen LogP contribution in [0.3, 0.4) is 0 Å². The number of amides is 2. The quantitative estimate of drug-likeness (QED) is 0.493. The van der Waals surface area contributed by atoms with E-state index in [1.807, 2.05) is 0 Å². The standard InChI is InChI=1S/C8H13N3O3/c1-2-8(3-4-12)5(13)10-7(9)11-6(8)14/h12H,2-4H2,1H3,(H3,9,10,11,13,14). The number of nitrogens with two attached hydrogens (primary N) is 1. The zero-order chi connectivity index (χ0) is 10.8. The van der Waals surface area contributed by atoms with Gasteiger partial charge in [-0.3, -0.25) is 14.9 Å². The van der Waals surface area contributed by atoms with Crippen LogP contribution < -0.4 is 11.1 Å². The van der Waals surface area contributed by atoms with E-state index in [9.17, 15) is 9.59 Å². The third-order valence-corrected chi connectivity index (χ3v) is 2.45. The summed E-state index contributed by atoms with van der Waals surface area (Å²) < 4.78 is 0. The monoisotopic (exact) mass is 199 g/mol. The molecular formula is C8H13N3O3. The molecule has 0 aromatic rings. The number of hydrogen-bond acceptors (Lipinski definition) is 4. The molecule has 6 heteroatoms. The van der Waals surface area contributed by atoms with E-state index in [1.165, 1.54) is 0 Å². The lowest BCUT2D eigenvalue weighted by molar-refractivity contribution is -0.143. The van der Waals surface area contributed by atoms with Gasteiger partial charge in [-0.2, -0.15) is 4.99 Å². The number of hydrogen-bond donors (Lipinski definition) is 3. The molecule has 4 N–H and O–H groups in total. The summed E-state index contributed by atoms with van der Waals surface area (Å²) in [6, 6.07) is 0. The summed E-state index contributed by atoms with van der Waals surface area (Å²) in [5.41, 5.74) is 3.98. The Bertz CT molecular complexity index is 300. The molecule has 78 valence electrons. The van der Waals surface area contributed by atoms with Crippen molar-refractivity contribution in [1.82, 2.24) is 5.32 Å². The van der Waals surface area contributed by atoms with Gasteiger partial charge in [0.15, 0.2) is 0 Å². The molecule has 0 spiro atoms. The first-order valence-electron chi connectivity index (χ1n) is 4.37. The minimum atomic E-state index is -1.24.